The van der Waals surface area contributed by atoms with Crippen molar-refractivity contribution in [2.45, 2.75) is 0 Å². The highest BCUT2D eigenvalue weighted by Crippen LogP contribution is 2.30. The number of fused-ring (bicyclic) bond motifs is 1. The van der Waals surface area contributed by atoms with E-state index in [0.717, 1.165) is 31.6 Å². The van der Waals surface area contributed by atoms with Crippen LogP contribution in [0.4, 0.5) is 10.5 Å². The van der Waals surface area contributed by atoms with Crippen LogP contribution in [0.2, 0.25) is 5.15 Å². The number of amides is 2. The lowest BCUT2D eigenvalue weighted by Crippen LogP contribution is -2.48. The fraction of sp³-hybridized carbons (Fsp3) is 0.385. The van der Waals surface area contributed by atoms with Gasteiger partial charge in [-0.2, -0.15) is 0 Å². The summed E-state index contributed by atoms with van der Waals surface area (Å²) in [7, 11) is 2.05. The number of hydrogen-bond acceptors (Lipinski definition) is 3. The maximum atomic E-state index is 12.3. The van der Waals surface area contributed by atoms with Crippen LogP contribution in [0, 0.1) is 0 Å². The summed E-state index contributed by atoms with van der Waals surface area (Å²) < 4.78 is 0. The number of pyridine rings is 1. The van der Waals surface area contributed by atoms with E-state index in [4.69, 9.17) is 11.6 Å². The number of halogens is 1. The minimum absolute atomic E-state index is 0.121. The Morgan fingerprint density at radius 1 is 1.40 bits per heavy atom. The van der Waals surface area contributed by atoms with E-state index in [1.165, 1.54) is 0 Å². The van der Waals surface area contributed by atoms with Gasteiger partial charge in [-0.3, -0.25) is 0 Å². The van der Waals surface area contributed by atoms with Crippen LogP contribution in [0.3, 0.4) is 0 Å². The number of likely N-dealkylation sites (N-methyl/N-ethyl adjacent to an activating group) is 1. The zero-order valence-electron chi connectivity index (χ0n) is 11.2. The van der Waals surface area contributed by atoms with Crippen LogP contribution in [-0.2, 0) is 0 Å². The van der Waals surface area contributed by atoms with Crippen molar-refractivity contribution in [3.8, 4) is 0 Å². The van der Waals surface area contributed by atoms with Gasteiger partial charge in [0.15, 0.2) is 0 Å². The number of rotatable bonds is 1. The van der Waals surface area contributed by atoms with Crippen LogP contribution in [0.5, 0.6) is 0 Å². The zero-order chi connectivity index (χ0) is 14.1. The molecule has 1 aliphatic heterocycles. The number of nitrogens with zero attached hydrogens (tertiary/aromatic N) is 3. The van der Waals surface area contributed by atoms with Crippen molar-refractivity contribution in [3.05, 3.63) is 23.5 Å². The van der Waals surface area contributed by atoms with E-state index in [2.05, 4.69) is 27.2 Å². The smallest absolute Gasteiger partial charge is 0.322 e. The molecule has 1 saturated heterocycles. The van der Waals surface area contributed by atoms with Crippen molar-refractivity contribution in [1.29, 1.82) is 0 Å². The summed E-state index contributed by atoms with van der Waals surface area (Å²) in [6.07, 6.45) is 1.68. The Bertz CT molecular complexity index is 633. The molecule has 3 heterocycles. The van der Waals surface area contributed by atoms with Crippen molar-refractivity contribution < 1.29 is 4.79 Å². The highest BCUT2D eigenvalue weighted by atomic mass is 35.5. The molecule has 20 heavy (non-hydrogen) atoms. The summed E-state index contributed by atoms with van der Waals surface area (Å²) >= 11 is 6.14. The van der Waals surface area contributed by atoms with Crippen molar-refractivity contribution in [2.24, 2.45) is 0 Å². The average Bonchev–Trinajstić information content (AvgIpc) is 2.76. The van der Waals surface area contributed by atoms with Crippen LogP contribution in [0.1, 0.15) is 0 Å². The number of urea groups is 1. The van der Waals surface area contributed by atoms with Gasteiger partial charge in [0.2, 0.25) is 0 Å². The number of H-pyrrole nitrogens is 1. The molecule has 2 aromatic rings. The van der Waals surface area contributed by atoms with Gasteiger partial charge < -0.3 is 20.1 Å². The predicted molar refractivity (Wildman–Crippen MR) is 79.2 cm³/mol. The second kappa shape index (κ2) is 5.30. The molecule has 6 nitrogen and oxygen atoms in total. The van der Waals surface area contributed by atoms with Gasteiger partial charge in [-0.25, -0.2) is 9.78 Å². The lowest BCUT2D eigenvalue weighted by atomic mass is 10.3. The third-order valence-electron chi connectivity index (χ3n) is 3.55. The first kappa shape index (κ1) is 13.2. The number of carbonyl (C=O) groups excluding carboxylic acids is 1. The minimum Gasteiger partial charge on any atom is -0.329 e. The molecule has 1 aliphatic rings. The van der Waals surface area contributed by atoms with Gasteiger partial charge in [-0.05, 0) is 19.2 Å². The van der Waals surface area contributed by atoms with Crippen molar-refractivity contribution in [2.75, 3.05) is 38.5 Å². The first-order valence-corrected chi connectivity index (χ1v) is 6.89. The minimum atomic E-state index is -0.121. The Morgan fingerprint density at radius 2 is 2.15 bits per heavy atom. The summed E-state index contributed by atoms with van der Waals surface area (Å²) in [5, 5.41) is 4.11. The number of aromatic amines is 1. The van der Waals surface area contributed by atoms with E-state index in [1.807, 2.05) is 12.1 Å². The zero-order valence-corrected chi connectivity index (χ0v) is 11.9. The van der Waals surface area contributed by atoms with Gasteiger partial charge in [0.1, 0.15) is 10.8 Å². The van der Waals surface area contributed by atoms with Crippen molar-refractivity contribution >= 4 is 34.4 Å². The average molecular weight is 294 g/mol. The molecule has 3 rings (SSSR count). The Kier molecular flexibility index (Phi) is 3.50. The quantitative estimate of drug-likeness (QED) is 0.845. The van der Waals surface area contributed by atoms with E-state index in [-0.39, 0.29) is 6.03 Å². The monoisotopic (exact) mass is 293 g/mol. The van der Waals surface area contributed by atoms with E-state index in [1.54, 1.807) is 11.1 Å². The Labute approximate surface area is 121 Å². The molecule has 2 aromatic heterocycles. The third-order valence-corrected chi connectivity index (χ3v) is 3.83. The molecular weight excluding hydrogens is 278 g/mol. The fourth-order valence-corrected chi connectivity index (χ4v) is 2.55. The van der Waals surface area contributed by atoms with Gasteiger partial charge in [0.25, 0.3) is 0 Å². The van der Waals surface area contributed by atoms with Gasteiger partial charge in [-0.15, -0.1) is 0 Å². The molecule has 106 valence electrons. The van der Waals surface area contributed by atoms with Crippen LogP contribution in [-0.4, -0.2) is 59.0 Å². The summed E-state index contributed by atoms with van der Waals surface area (Å²) in [5.74, 6) is 0. The standard InChI is InChI=1S/C13H16ClN5O/c1-18-5-7-19(8-6-18)13(20)16-10-9-3-2-4-15-12(9)17-11(10)14/h2-4H,5-8H2,1H3,(H,15,17)(H,16,20). The first-order valence-electron chi connectivity index (χ1n) is 6.52. The molecule has 0 bridgehead atoms. The van der Waals surface area contributed by atoms with Crippen molar-refractivity contribution in [3.63, 3.8) is 0 Å². The molecule has 0 unspecified atom stereocenters. The first-order chi connectivity index (χ1) is 9.65. The maximum Gasteiger partial charge on any atom is 0.322 e. The maximum absolute atomic E-state index is 12.3. The van der Waals surface area contributed by atoms with Gasteiger partial charge >= 0.3 is 6.03 Å². The second-order valence-corrected chi connectivity index (χ2v) is 5.31. The van der Waals surface area contributed by atoms with Gasteiger partial charge in [-0.1, -0.05) is 11.6 Å². The van der Waals surface area contributed by atoms with Gasteiger partial charge in [0, 0.05) is 37.8 Å². The molecule has 7 heteroatoms. The van der Waals surface area contributed by atoms with E-state index >= 15 is 0 Å². The second-order valence-electron chi connectivity index (χ2n) is 4.93. The molecular formula is C13H16ClN5O. The summed E-state index contributed by atoms with van der Waals surface area (Å²) in [5.41, 5.74) is 1.27. The van der Waals surface area contributed by atoms with Crippen LogP contribution in [0.25, 0.3) is 11.0 Å². The molecule has 0 spiro atoms. The molecule has 2 amide bonds. The lowest BCUT2D eigenvalue weighted by molar-refractivity contribution is 0.164. The number of carbonyl (C=O) groups is 1. The fourth-order valence-electron chi connectivity index (χ4n) is 2.31. The van der Waals surface area contributed by atoms with Crippen LogP contribution >= 0.6 is 11.6 Å². The molecule has 1 fully saturated rings. The summed E-state index contributed by atoms with van der Waals surface area (Å²) in [4.78, 5) is 23.4. The number of piperazine rings is 1. The SMILES string of the molecule is CN1CCN(C(=O)Nc2c(Cl)[nH]c3ncccc23)CC1. The van der Waals surface area contributed by atoms with E-state index < -0.39 is 0 Å². The third kappa shape index (κ3) is 2.44. The molecule has 2 N–H and O–H groups in total. The lowest BCUT2D eigenvalue weighted by Gasteiger charge is -2.32. The normalized spacial score (nSPS) is 16.6. The molecule has 0 radical (unpaired) electrons. The molecule has 0 aliphatic carbocycles. The molecule has 0 aromatic carbocycles. The number of nitrogens with one attached hydrogen (secondary N) is 2. The summed E-state index contributed by atoms with van der Waals surface area (Å²) in [6, 6.07) is 3.58. The van der Waals surface area contributed by atoms with Crippen molar-refractivity contribution in [1.82, 2.24) is 19.8 Å². The Hall–Kier alpha value is -1.79. The Morgan fingerprint density at radius 3 is 2.90 bits per heavy atom. The molecule has 0 saturated carbocycles. The largest absolute Gasteiger partial charge is 0.329 e. The van der Waals surface area contributed by atoms with Crippen LogP contribution in [0.15, 0.2) is 18.3 Å². The van der Waals surface area contributed by atoms with E-state index in [0.29, 0.717) is 16.5 Å². The molecule has 0 atom stereocenters. The summed E-state index contributed by atoms with van der Waals surface area (Å²) in [6.45, 7) is 3.22. The van der Waals surface area contributed by atoms with Crippen LogP contribution < -0.4 is 5.32 Å². The highest BCUT2D eigenvalue weighted by molar-refractivity contribution is 6.35. The number of hydrogen-bond donors (Lipinski definition) is 2. The van der Waals surface area contributed by atoms with E-state index in [9.17, 15) is 4.79 Å². The number of anilines is 1. The van der Waals surface area contributed by atoms with Gasteiger partial charge in [0.05, 0.1) is 5.69 Å². The number of aromatic nitrogens is 2. The predicted octanol–water partition coefficient (Wildman–Crippen LogP) is 2.00. The highest BCUT2D eigenvalue weighted by Gasteiger charge is 2.21. The Balaban J connectivity index is 1.79. The topological polar surface area (TPSA) is 64.3 Å².